The molecule has 2 aromatic heterocycles. The molecule has 9 heteroatoms. The van der Waals surface area contributed by atoms with Gasteiger partial charge in [0, 0.05) is 12.4 Å². The van der Waals surface area contributed by atoms with Crippen LogP contribution in [0.2, 0.25) is 0 Å². The Morgan fingerprint density at radius 3 is 2.68 bits per heavy atom. The molecule has 0 aliphatic carbocycles. The van der Waals surface area contributed by atoms with Gasteiger partial charge in [0.25, 0.3) is 15.9 Å². The lowest BCUT2D eigenvalue weighted by Crippen LogP contribution is -2.16. The molecule has 0 aliphatic heterocycles. The van der Waals surface area contributed by atoms with Crippen LogP contribution in [0.4, 0.5) is 5.69 Å². The van der Waals surface area contributed by atoms with Crippen LogP contribution < -0.4 is 15.2 Å². The van der Waals surface area contributed by atoms with Crippen molar-refractivity contribution in [2.75, 3.05) is 11.9 Å². The standard InChI is InChI=1S/C13H14N4O4S/c1-2-21-13-10(4-3-7-15-13)17-12(18)9-5-6-11(16-8-9)22(14,19)20/h3-8H,2H2,1H3,(H,17,18)(H2,14,19,20). The largest absolute Gasteiger partial charge is 0.476 e. The van der Waals surface area contributed by atoms with Crippen molar-refractivity contribution in [1.82, 2.24) is 9.97 Å². The molecule has 0 fully saturated rings. The minimum absolute atomic E-state index is 0.179. The number of pyridine rings is 2. The molecular formula is C13H14N4O4S. The van der Waals surface area contributed by atoms with Gasteiger partial charge < -0.3 is 10.1 Å². The molecule has 0 unspecified atom stereocenters. The third-order valence-corrected chi connectivity index (χ3v) is 3.41. The van der Waals surface area contributed by atoms with Crippen molar-refractivity contribution in [3.05, 3.63) is 42.2 Å². The molecule has 2 rings (SSSR count). The Hall–Kier alpha value is -2.52. The van der Waals surface area contributed by atoms with Gasteiger partial charge >= 0.3 is 0 Å². The van der Waals surface area contributed by atoms with Gasteiger partial charge in [-0.15, -0.1) is 0 Å². The summed E-state index contributed by atoms with van der Waals surface area (Å²) < 4.78 is 27.5. The summed E-state index contributed by atoms with van der Waals surface area (Å²) in [5.41, 5.74) is 0.587. The Bertz CT molecular complexity index is 775. The maximum atomic E-state index is 12.1. The number of carbonyl (C=O) groups is 1. The number of anilines is 1. The highest BCUT2D eigenvalue weighted by Gasteiger charge is 2.13. The smallest absolute Gasteiger partial charge is 0.257 e. The number of nitrogens with zero attached hydrogens (tertiary/aromatic N) is 2. The summed E-state index contributed by atoms with van der Waals surface area (Å²) in [5.74, 6) is -0.171. The predicted molar refractivity (Wildman–Crippen MR) is 79.0 cm³/mol. The Balaban J connectivity index is 2.19. The van der Waals surface area contributed by atoms with Crippen molar-refractivity contribution in [3.63, 3.8) is 0 Å². The average Bonchev–Trinajstić information content (AvgIpc) is 2.49. The van der Waals surface area contributed by atoms with Crippen LogP contribution in [0.1, 0.15) is 17.3 Å². The van der Waals surface area contributed by atoms with Gasteiger partial charge in [-0.3, -0.25) is 4.79 Å². The Labute approximate surface area is 127 Å². The molecule has 0 radical (unpaired) electrons. The fourth-order valence-electron chi connectivity index (χ4n) is 1.62. The number of rotatable bonds is 5. The first kappa shape index (κ1) is 15.9. The summed E-state index contributed by atoms with van der Waals surface area (Å²) in [7, 11) is -3.89. The molecule has 2 aromatic rings. The molecule has 22 heavy (non-hydrogen) atoms. The third-order valence-electron chi connectivity index (χ3n) is 2.59. The lowest BCUT2D eigenvalue weighted by atomic mass is 10.2. The van der Waals surface area contributed by atoms with Crippen molar-refractivity contribution < 1.29 is 17.9 Å². The van der Waals surface area contributed by atoms with Gasteiger partial charge in [-0.05, 0) is 31.2 Å². The van der Waals surface area contributed by atoms with E-state index in [1.54, 1.807) is 25.3 Å². The quantitative estimate of drug-likeness (QED) is 0.838. The van der Waals surface area contributed by atoms with Crippen LogP contribution in [0.15, 0.2) is 41.7 Å². The molecule has 0 saturated carbocycles. The van der Waals surface area contributed by atoms with E-state index < -0.39 is 15.9 Å². The van der Waals surface area contributed by atoms with E-state index in [2.05, 4.69) is 15.3 Å². The highest BCUT2D eigenvalue weighted by molar-refractivity contribution is 7.89. The summed E-state index contributed by atoms with van der Waals surface area (Å²) in [4.78, 5) is 19.8. The van der Waals surface area contributed by atoms with Gasteiger partial charge in [0.2, 0.25) is 5.88 Å². The maximum absolute atomic E-state index is 12.1. The Kier molecular flexibility index (Phi) is 4.68. The van der Waals surface area contributed by atoms with Crippen LogP contribution >= 0.6 is 0 Å². The molecule has 8 nitrogen and oxygen atoms in total. The van der Waals surface area contributed by atoms with E-state index in [1.807, 2.05) is 0 Å². The van der Waals surface area contributed by atoms with Gasteiger partial charge in [0.05, 0.1) is 12.2 Å². The molecule has 0 aromatic carbocycles. The van der Waals surface area contributed by atoms with Crippen molar-refractivity contribution in [2.45, 2.75) is 11.9 Å². The van der Waals surface area contributed by atoms with E-state index in [1.165, 1.54) is 6.07 Å². The second kappa shape index (κ2) is 6.50. The van der Waals surface area contributed by atoms with Crippen molar-refractivity contribution >= 4 is 21.6 Å². The number of aromatic nitrogens is 2. The SMILES string of the molecule is CCOc1ncccc1NC(=O)c1ccc(S(N)(=O)=O)nc1. The van der Waals surface area contributed by atoms with Gasteiger partial charge in [-0.25, -0.2) is 23.5 Å². The van der Waals surface area contributed by atoms with E-state index >= 15 is 0 Å². The van der Waals surface area contributed by atoms with E-state index in [9.17, 15) is 13.2 Å². The fraction of sp³-hybridized carbons (Fsp3) is 0.154. The zero-order chi connectivity index (χ0) is 16.2. The molecule has 0 aliphatic rings. The second-order valence-corrected chi connectivity index (χ2v) is 5.68. The van der Waals surface area contributed by atoms with Crippen LogP contribution in [-0.4, -0.2) is 30.9 Å². The van der Waals surface area contributed by atoms with E-state index in [-0.39, 0.29) is 10.6 Å². The second-order valence-electron chi connectivity index (χ2n) is 4.17. The summed E-state index contributed by atoms with van der Waals surface area (Å²) in [6, 6.07) is 5.78. The molecule has 116 valence electrons. The number of hydrogen-bond acceptors (Lipinski definition) is 6. The number of hydrogen-bond donors (Lipinski definition) is 2. The maximum Gasteiger partial charge on any atom is 0.257 e. The number of primary sulfonamides is 1. The van der Waals surface area contributed by atoms with Crippen LogP contribution in [-0.2, 0) is 10.0 Å². The number of nitrogens with one attached hydrogen (secondary N) is 1. The zero-order valence-electron chi connectivity index (χ0n) is 11.7. The van der Waals surface area contributed by atoms with Crippen LogP contribution in [0.25, 0.3) is 0 Å². The highest BCUT2D eigenvalue weighted by atomic mass is 32.2. The highest BCUT2D eigenvalue weighted by Crippen LogP contribution is 2.21. The minimum atomic E-state index is -3.89. The summed E-state index contributed by atoms with van der Waals surface area (Å²) in [5, 5.41) is 7.26. The number of ether oxygens (including phenoxy) is 1. The van der Waals surface area contributed by atoms with Gasteiger partial charge in [-0.2, -0.15) is 0 Å². The monoisotopic (exact) mass is 322 g/mol. The molecular weight excluding hydrogens is 308 g/mol. The van der Waals surface area contributed by atoms with Crippen LogP contribution in [0, 0.1) is 0 Å². The minimum Gasteiger partial charge on any atom is -0.476 e. The number of carbonyl (C=O) groups excluding carboxylic acids is 1. The zero-order valence-corrected chi connectivity index (χ0v) is 12.5. The summed E-state index contributed by atoms with van der Waals surface area (Å²) in [6.07, 6.45) is 2.68. The third kappa shape index (κ3) is 3.77. The van der Waals surface area contributed by atoms with Crippen molar-refractivity contribution in [3.8, 4) is 5.88 Å². The molecule has 0 saturated heterocycles. The number of nitrogens with two attached hydrogens (primary N) is 1. The predicted octanol–water partition coefficient (Wildman–Crippen LogP) is 0.775. The number of sulfonamides is 1. The van der Waals surface area contributed by atoms with E-state index in [0.717, 1.165) is 12.3 Å². The first-order chi connectivity index (χ1) is 10.4. The van der Waals surface area contributed by atoms with Crippen molar-refractivity contribution in [1.29, 1.82) is 0 Å². The first-order valence-electron chi connectivity index (χ1n) is 6.30. The Morgan fingerprint density at radius 2 is 2.09 bits per heavy atom. The molecule has 1 amide bonds. The first-order valence-corrected chi connectivity index (χ1v) is 7.84. The summed E-state index contributed by atoms with van der Waals surface area (Å²) in [6.45, 7) is 2.21. The topological polar surface area (TPSA) is 124 Å². The normalized spacial score (nSPS) is 11.0. The van der Waals surface area contributed by atoms with Gasteiger partial charge in [-0.1, -0.05) is 0 Å². The van der Waals surface area contributed by atoms with Gasteiger partial charge in [0.1, 0.15) is 5.69 Å². The molecule has 0 bridgehead atoms. The van der Waals surface area contributed by atoms with Gasteiger partial charge in [0.15, 0.2) is 5.03 Å². The fourth-order valence-corrected chi connectivity index (χ4v) is 2.07. The van der Waals surface area contributed by atoms with Crippen LogP contribution in [0.3, 0.4) is 0 Å². The number of amides is 1. The van der Waals surface area contributed by atoms with E-state index in [0.29, 0.717) is 18.2 Å². The average molecular weight is 322 g/mol. The van der Waals surface area contributed by atoms with E-state index in [4.69, 9.17) is 9.88 Å². The lowest BCUT2D eigenvalue weighted by Gasteiger charge is -2.10. The molecule has 0 spiro atoms. The Morgan fingerprint density at radius 1 is 1.32 bits per heavy atom. The van der Waals surface area contributed by atoms with Crippen LogP contribution in [0.5, 0.6) is 5.88 Å². The lowest BCUT2D eigenvalue weighted by molar-refractivity contribution is 0.102. The summed E-state index contributed by atoms with van der Waals surface area (Å²) >= 11 is 0. The van der Waals surface area contributed by atoms with Crippen molar-refractivity contribution in [2.24, 2.45) is 5.14 Å². The molecule has 2 heterocycles. The molecule has 0 atom stereocenters. The molecule has 3 N–H and O–H groups in total.